The number of pyridine rings is 1. The quantitative estimate of drug-likeness (QED) is 0.622. The molecule has 0 unspecified atom stereocenters. The molecule has 1 aliphatic heterocycles. The number of carbonyl (C=O) groups is 2. The molecule has 1 aliphatic carbocycles. The molecule has 0 atom stereocenters. The molecule has 1 saturated heterocycles. The average molecular weight is 437 g/mol. The Morgan fingerprint density at radius 3 is 2.26 bits per heavy atom. The number of methoxy groups -OCH3 is 1. The first kappa shape index (κ1) is 21.6. The first-order valence-corrected chi connectivity index (χ1v) is 11.3. The van der Waals surface area contributed by atoms with Crippen LogP contribution in [-0.4, -0.2) is 23.2 Å². The summed E-state index contributed by atoms with van der Waals surface area (Å²) in [7, 11) is 1.61. The third-order valence-electron chi connectivity index (χ3n) is 6.49. The van der Waals surface area contributed by atoms with Crippen molar-refractivity contribution in [1.29, 1.82) is 0 Å². The summed E-state index contributed by atoms with van der Waals surface area (Å²) in [6, 6.07) is 6.59. The van der Waals surface area contributed by atoms with Gasteiger partial charge in [-0.3, -0.25) is 14.9 Å². The number of aryl methyl sites for hydroxylation is 1. The third kappa shape index (κ3) is 3.89. The summed E-state index contributed by atoms with van der Waals surface area (Å²) in [5.41, 5.74) is 6.88. The second-order valence-electron chi connectivity index (χ2n) is 9.66. The maximum absolute atomic E-state index is 11.9. The van der Waals surface area contributed by atoms with Gasteiger partial charge in [0.1, 0.15) is 0 Å². The number of ether oxygens (including phenoxy) is 1. The van der Waals surface area contributed by atoms with Gasteiger partial charge in [-0.15, -0.1) is 0 Å². The minimum absolute atomic E-state index is 0.0898. The Kier molecular flexibility index (Phi) is 5.24. The molecular weight excluding hydrogens is 408 g/mol. The first-order valence-electron chi connectivity index (χ1n) is 10.5. The number of benzene rings is 1. The number of hydrogen-bond acceptors (Lipinski definition) is 5. The van der Waals surface area contributed by atoms with Gasteiger partial charge >= 0.3 is 0 Å². The fourth-order valence-corrected chi connectivity index (χ4v) is 5.17. The number of imide groups is 1. The van der Waals surface area contributed by atoms with Gasteiger partial charge in [-0.1, -0.05) is 33.8 Å². The van der Waals surface area contributed by atoms with Gasteiger partial charge in [-0.25, -0.2) is 4.98 Å². The number of hydrogen-bond donors (Lipinski definition) is 1. The van der Waals surface area contributed by atoms with E-state index in [1.54, 1.807) is 19.4 Å². The van der Waals surface area contributed by atoms with E-state index in [4.69, 9.17) is 4.74 Å². The number of amides is 2. The number of nitrogens with zero attached hydrogens (tertiary/aromatic N) is 1. The number of rotatable bonds is 3. The SMILES string of the molecule is COc1ncc(C=C2SC(=O)NC2=O)cc1-c1cc2c(cc1C)C(C)(C)CCC2(C)C. The van der Waals surface area contributed by atoms with Gasteiger partial charge in [-0.2, -0.15) is 0 Å². The standard InChI is InChI=1S/C25H28N2O3S/c1-14-9-18-19(25(4,5)8-7-24(18,2)3)12-16(14)17-10-15(13-26-22(17)30-6)11-20-21(28)27-23(29)31-20/h9-13H,7-8H2,1-6H3,(H,27,28,29). The number of nitrogens with one attached hydrogen (secondary N) is 1. The van der Waals surface area contributed by atoms with Crippen LogP contribution in [0.25, 0.3) is 17.2 Å². The van der Waals surface area contributed by atoms with Crippen LogP contribution in [0.5, 0.6) is 5.88 Å². The molecule has 162 valence electrons. The van der Waals surface area contributed by atoms with E-state index < -0.39 is 0 Å². The summed E-state index contributed by atoms with van der Waals surface area (Å²) in [5.74, 6) is 0.166. The summed E-state index contributed by atoms with van der Waals surface area (Å²) in [4.78, 5) is 28.3. The second-order valence-corrected chi connectivity index (χ2v) is 10.7. The Balaban J connectivity index is 1.87. The molecule has 31 heavy (non-hydrogen) atoms. The van der Waals surface area contributed by atoms with Gasteiger partial charge in [-0.05, 0) is 88.4 Å². The minimum atomic E-state index is -0.374. The largest absolute Gasteiger partial charge is 0.481 e. The Morgan fingerprint density at radius 2 is 1.68 bits per heavy atom. The third-order valence-corrected chi connectivity index (χ3v) is 7.30. The van der Waals surface area contributed by atoms with E-state index in [0.717, 1.165) is 46.9 Å². The fourth-order valence-electron chi connectivity index (χ4n) is 4.49. The highest BCUT2D eigenvalue weighted by Gasteiger charge is 2.37. The van der Waals surface area contributed by atoms with Gasteiger partial charge in [0, 0.05) is 11.8 Å². The van der Waals surface area contributed by atoms with E-state index >= 15 is 0 Å². The van der Waals surface area contributed by atoms with Gasteiger partial charge in [0.2, 0.25) is 5.88 Å². The van der Waals surface area contributed by atoms with Crippen LogP contribution in [0, 0.1) is 6.92 Å². The van der Waals surface area contributed by atoms with E-state index in [9.17, 15) is 9.59 Å². The van der Waals surface area contributed by atoms with Crippen molar-refractivity contribution >= 4 is 29.0 Å². The second kappa shape index (κ2) is 7.52. The minimum Gasteiger partial charge on any atom is -0.481 e. The molecule has 1 fully saturated rings. The first-order chi connectivity index (χ1) is 14.5. The summed E-state index contributed by atoms with van der Waals surface area (Å²) >= 11 is 0.904. The van der Waals surface area contributed by atoms with Gasteiger partial charge in [0.05, 0.1) is 12.0 Å². The van der Waals surface area contributed by atoms with Crippen molar-refractivity contribution in [1.82, 2.24) is 10.3 Å². The molecule has 2 aromatic rings. The molecule has 4 rings (SSSR count). The molecule has 0 radical (unpaired) electrons. The lowest BCUT2D eigenvalue weighted by Crippen LogP contribution is -2.34. The Labute approximate surface area is 187 Å². The van der Waals surface area contributed by atoms with Crippen LogP contribution < -0.4 is 10.1 Å². The van der Waals surface area contributed by atoms with E-state index in [-0.39, 0.29) is 22.0 Å². The Morgan fingerprint density at radius 1 is 1.03 bits per heavy atom. The zero-order valence-electron chi connectivity index (χ0n) is 18.9. The predicted octanol–water partition coefficient (Wildman–Crippen LogP) is 5.74. The van der Waals surface area contributed by atoms with E-state index in [1.807, 2.05) is 6.07 Å². The monoisotopic (exact) mass is 436 g/mol. The van der Waals surface area contributed by atoms with Crippen molar-refractivity contribution in [2.45, 2.75) is 58.3 Å². The Bertz CT molecular complexity index is 1130. The Hall–Kier alpha value is -2.60. The molecule has 2 amide bonds. The van der Waals surface area contributed by atoms with Gasteiger partial charge in [0.25, 0.3) is 11.1 Å². The van der Waals surface area contributed by atoms with Gasteiger partial charge in [0.15, 0.2) is 0 Å². The summed E-state index contributed by atoms with van der Waals surface area (Å²) in [6.07, 6.45) is 5.66. The molecule has 2 heterocycles. The number of aromatic nitrogens is 1. The highest BCUT2D eigenvalue weighted by molar-refractivity contribution is 8.18. The van der Waals surface area contributed by atoms with Crippen LogP contribution in [0.4, 0.5) is 4.79 Å². The summed E-state index contributed by atoms with van der Waals surface area (Å²) < 4.78 is 5.58. The topological polar surface area (TPSA) is 68.3 Å². The van der Waals surface area contributed by atoms with Crippen molar-refractivity contribution < 1.29 is 14.3 Å². The van der Waals surface area contributed by atoms with Crippen LogP contribution in [-0.2, 0) is 15.6 Å². The molecule has 2 aliphatic rings. The molecule has 6 heteroatoms. The van der Waals surface area contributed by atoms with E-state index in [0.29, 0.717) is 10.8 Å². The maximum Gasteiger partial charge on any atom is 0.290 e. The van der Waals surface area contributed by atoms with E-state index in [1.165, 1.54) is 11.1 Å². The highest BCUT2D eigenvalue weighted by Crippen LogP contribution is 2.48. The molecule has 0 saturated carbocycles. The van der Waals surface area contributed by atoms with E-state index in [2.05, 4.69) is 57.1 Å². The zero-order valence-corrected chi connectivity index (χ0v) is 19.7. The summed E-state index contributed by atoms with van der Waals surface area (Å²) in [6.45, 7) is 11.4. The average Bonchev–Trinajstić information content (AvgIpc) is 3.02. The van der Waals surface area contributed by atoms with Crippen LogP contribution >= 0.6 is 11.8 Å². The molecular formula is C25H28N2O3S. The number of carbonyl (C=O) groups excluding carboxylic acids is 2. The normalized spacial score (nSPS) is 20.5. The predicted molar refractivity (Wildman–Crippen MR) is 125 cm³/mol. The number of thioether (sulfide) groups is 1. The lowest BCUT2D eigenvalue weighted by molar-refractivity contribution is -0.115. The number of fused-ring (bicyclic) bond motifs is 1. The summed E-state index contributed by atoms with van der Waals surface area (Å²) in [5, 5.41) is 1.93. The fraction of sp³-hybridized carbons (Fsp3) is 0.400. The van der Waals surface area contributed by atoms with Gasteiger partial charge < -0.3 is 4.74 Å². The van der Waals surface area contributed by atoms with Crippen LogP contribution in [0.2, 0.25) is 0 Å². The molecule has 0 bridgehead atoms. The zero-order chi connectivity index (χ0) is 22.6. The van der Waals surface area contributed by atoms with Crippen molar-refractivity contribution in [3.05, 3.63) is 51.6 Å². The lowest BCUT2D eigenvalue weighted by atomic mass is 9.62. The van der Waals surface area contributed by atoms with Crippen molar-refractivity contribution in [2.24, 2.45) is 0 Å². The lowest BCUT2D eigenvalue weighted by Gasteiger charge is -2.42. The van der Waals surface area contributed by atoms with Crippen LogP contribution in [0.3, 0.4) is 0 Å². The molecule has 1 N–H and O–H groups in total. The maximum atomic E-state index is 11.9. The molecule has 1 aromatic carbocycles. The van der Waals surface area contributed by atoms with Crippen LogP contribution in [0.1, 0.15) is 62.8 Å². The van der Waals surface area contributed by atoms with Crippen molar-refractivity contribution in [2.75, 3.05) is 7.11 Å². The molecule has 5 nitrogen and oxygen atoms in total. The van der Waals surface area contributed by atoms with Crippen LogP contribution in [0.15, 0.2) is 29.3 Å². The van der Waals surface area contributed by atoms with Crippen molar-refractivity contribution in [3.8, 4) is 17.0 Å². The van der Waals surface area contributed by atoms with Crippen molar-refractivity contribution in [3.63, 3.8) is 0 Å². The molecule has 1 aromatic heterocycles. The smallest absolute Gasteiger partial charge is 0.290 e. The highest BCUT2D eigenvalue weighted by atomic mass is 32.2. The molecule has 0 spiro atoms.